The first kappa shape index (κ1) is 19.0. The minimum atomic E-state index is -1.03. The molecule has 1 saturated heterocycles. The number of likely N-dealkylation sites (N-methyl/N-ethyl adjacent to an activating group) is 1. The molecule has 3 aliphatic rings. The van der Waals surface area contributed by atoms with Gasteiger partial charge in [-0.15, -0.1) is 6.58 Å². The molecule has 3 N–H and O–H groups in total. The van der Waals surface area contributed by atoms with Crippen molar-refractivity contribution >= 4 is 28.9 Å². The predicted octanol–water partition coefficient (Wildman–Crippen LogP) is 0.233. The van der Waals surface area contributed by atoms with Gasteiger partial charge in [-0.05, 0) is 30.8 Å². The molecule has 8 nitrogen and oxygen atoms in total. The van der Waals surface area contributed by atoms with E-state index in [1.165, 1.54) is 0 Å². The zero-order valence-electron chi connectivity index (χ0n) is 15.4. The standard InChI is InChI=1S/C19H23N3O5S/c1-3-6-21(2)18(25)11-8-12(23)17(24)15-16(11)22(19(28)20-15)10-4-5-13-14(7-10)27-9-26-13/h3-5,7,11-12,15-17,23-24H,1,6,8-9H2,2H3,(H,20,28)/t11-,12+,15-,16+,17-/m0/s1. The Morgan fingerprint density at radius 3 is 2.93 bits per heavy atom. The van der Waals surface area contributed by atoms with Crippen LogP contribution in [-0.4, -0.2) is 70.8 Å². The third-order valence-electron chi connectivity index (χ3n) is 5.58. The van der Waals surface area contributed by atoms with E-state index in [2.05, 4.69) is 11.9 Å². The van der Waals surface area contributed by atoms with Crippen molar-refractivity contribution in [3.8, 4) is 11.5 Å². The van der Waals surface area contributed by atoms with Crippen LogP contribution in [0.2, 0.25) is 0 Å². The quantitative estimate of drug-likeness (QED) is 0.484. The third kappa shape index (κ3) is 2.99. The number of hydrogen-bond acceptors (Lipinski definition) is 6. The van der Waals surface area contributed by atoms with Crippen molar-refractivity contribution in [2.45, 2.75) is 30.7 Å². The number of nitrogens with zero attached hydrogens (tertiary/aromatic N) is 2. The topological polar surface area (TPSA) is 94.5 Å². The molecular formula is C19H23N3O5S. The van der Waals surface area contributed by atoms with E-state index in [4.69, 9.17) is 21.7 Å². The molecule has 1 aromatic rings. The summed E-state index contributed by atoms with van der Waals surface area (Å²) in [5.74, 6) is 0.576. The molecule has 1 aliphatic carbocycles. The minimum Gasteiger partial charge on any atom is -0.454 e. The Labute approximate surface area is 168 Å². The molecule has 0 spiro atoms. The Morgan fingerprint density at radius 2 is 2.18 bits per heavy atom. The summed E-state index contributed by atoms with van der Waals surface area (Å²) in [6.45, 7) is 4.23. The first-order valence-corrected chi connectivity index (χ1v) is 9.54. The highest BCUT2D eigenvalue weighted by Gasteiger charge is 2.54. The fourth-order valence-electron chi connectivity index (χ4n) is 4.23. The second kappa shape index (κ2) is 7.23. The van der Waals surface area contributed by atoms with E-state index < -0.39 is 30.2 Å². The molecule has 9 heteroatoms. The lowest BCUT2D eigenvalue weighted by atomic mass is 9.77. The molecule has 2 heterocycles. The Morgan fingerprint density at radius 1 is 1.43 bits per heavy atom. The van der Waals surface area contributed by atoms with E-state index in [-0.39, 0.29) is 19.1 Å². The highest BCUT2D eigenvalue weighted by molar-refractivity contribution is 7.80. The Balaban J connectivity index is 1.71. The molecule has 2 fully saturated rings. The van der Waals surface area contributed by atoms with Gasteiger partial charge in [-0.1, -0.05) is 6.08 Å². The fraction of sp³-hybridized carbons (Fsp3) is 0.474. The zero-order valence-corrected chi connectivity index (χ0v) is 16.3. The summed E-state index contributed by atoms with van der Waals surface area (Å²) in [6, 6.07) is 4.45. The second-order valence-electron chi connectivity index (χ2n) is 7.28. The number of ether oxygens (including phenoxy) is 2. The van der Waals surface area contributed by atoms with Crippen LogP contribution in [0.25, 0.3) is 0 Å². The maximum Gasteiger partial charge on any atom is 0.231 e. The summed E-state index contributed by atoms with van der Waals surface area (Å²) in [7, 11) is 1.70. The summed E-state index contributed by atoms with van der Waals surface area (Å²) in [5.41, 5.74) is 0.738. The van der Waals surface area contributed by atoms with Crippen molar-refractivity contribution in [1.82, 2.24) is 10.2 Å². The summed E-state index contributed by atoms with van der Waals surface area (Å²) in [5, 5.41) is 24.4. The van der Waals surface area contributed by atoms with Gasteiger partial charge < -0.3 is 34.8 Å². The second-order valence-corrected chi connectivity index (χ2v) is 7.67. The van der Waals surface area contributed by atoms with Gasteiger partial charge in [-0.3, -0.25) is 4.79 Å². The molecule has 5 atom stereocenters. The van der Waals surface area contributed by atoms with Gasteiger partial charge in [0.1, 0.15) is 6.10 Å². The van der Waals surface area contributed by atoms with E-state index in [1.54, 1.807) is 24.1 Å². The molecule has 0 bridgehead atoms. The lowest BCUT2D eigenvalue weighted by molar-refractivity contribution is -0.139. The molecule has 1 aromatic carbocycles. The van der Waals surface area contributed by atoms with Crippen LogP contribution in [0.1, 0.15) is 6.42 Å². The lowest BCUT2D eigenvalue weighted by Gasteiger charge is -2.42. The Bertz CT molecular complexity index is 819. The van der Waals surface area contributed by atoms with Gasteiger partial charge in [0.05, 0.1) is 24.1 Å². The maximum atomic E-state index is 13.1. The maximum absolute atomic E-state index is 13.1. The monoisotopic (exact) mass is 405 g/mol. The number of carbonyl (C=O) groups excluding carboxylic acids is 1. The molecule has 0 aromatic heterocycles. The van der Waals surface area contributed by atoms with Crippen molar-refractivity contribution in [2.75, 3.05) is 25.3 Å². The van der Waals surface area contributed by atoms with E-state index >= 15 is 0 Å². The highest BCUT2D eigenvalue weighted by Crippen LogP contribution is 2.41. The third-order valence-corrected chi connectivity index (χ3v) is 5.89. The van der Waals surface area contributed by atoms with Gasteiger partial charge in [0.15, 0.2) is 16.6 Å². The number of rotatable bonds is 4. The van der Waals surface area contributed by atoms with Gasteiger partial charge in [-0.2, -0.15) is 0 Å². The first-order chi connectivity index (χ1) is 13.4. The van der Waals surface area contributed by atoms with Crippen LogP contribution >= 0.6 is 12.2 Å². The average molecular weight is 405 g/mol. The summed E-state index contributed by atoms with van der Waals surface area (Å²) >= 11 is 5.52. The fourth-order valence-corrected chi connectivity index (χ4v) is 4.59. The molecule has 150 valence electrons. The smallest absolute Gasteiger partial charge is 0.231 e. The van der Waals surface area contributed by atoms with Gasteiger partial charge in [0, 0.05) is 25.3 Å². The van der Waals surface area contributed by atoms with Crippen molar-refractivity contribution in [3.05, 3.63) is 30.9 Å². The summed E-state index contributed by atoms with van der Waals surface area (Å²) in [6.07, 6.45) is -0.250. The highest BCUT2D eigenvalue weighted by atomic mass is 32.1. The number of fused-ring (bicyclic) bond motifs is 2. The SMILES string of the molecule is C=CCN(C)C(=O)[C@H]1C[C@@H](O)[C@H](O)[C@H]2NC(=S)N(c3ccc4c(c3)OCO4)[C@@H]21. The number of anilines is 1. The predicted molar refractivity (Wildman–Crippen MR) is 106 cm³/mol. The number of thiocarbonyl (C=S) groups is 1. The number of hydrogen-bond donors (Lipinski definition) is 3. The molecule has 1 saturated carbocycles. The van der Waals surface area contributed by atoms with Crippen molar-refractivity contribution < 1.29 is 24.5 Å². The van der Waals surface area contributed by atoms with Crippen LogP contribution < -0.4 is 19.7 Å². The van der Waals surface area contributed by atoms with Crippen LogP contribution in [0.4, 0.5) is 5.69 Å². The minimum absolute atomic E-state index is 0.127. The molecule has 1 amide bonds. The Hall–Kier alpha value is -2.36. The summed E-state index contributed by atoms with van der Waals surface area (Å²) in [4.78, 5) is 16.5. The zero-order chi connectivity index (χ0) is 20.0. The van der Waals surface area contributed by atoms with E-state index in [1.807, 2.05) is 17.0 Å². The molecular weight excluding hydrogens is 382 g/mol. The number of nitrogens with one attached hydrogen (secondary N) is 1. The van der Waals surface area contributed by atoms with Crippen molar-refractivity contribution in [2.24, 2.45) is 5.92 Å². The van der Waals surface area contributed by atoms with Crippen LogP contribution in [0.5, 0.6) is 11.5 Å². The van der Waals surface area contributed by atoms with Crippen LogP contribution in [0, 0.1) is 5.92 Å². The van der Waals surface area contributed by atoms with Crippen molar-refractivity contribution in [3.63, 3.8) is 0 Å². The van der Waals surface area contributed by atoms with Gasteiger partial charge in [-0.25, -0.2) is 0 Å². The van der Waals surface area contributed by atoms with E-state index in [9.17, 15) is 15.0 Å². The number of benzene rings is 1. The van der Waals surface area contributed by atoms with Crippen molar-refractivity contribution in [1.29, 1.82) is 0 Å². The molecule has 4 rings (SSSR count). The first-order valence-electron chi connectivity index (χ1n) is 9.13. The average Bonchev–Trinajstić information content (AvgIpc) is 3.27. The molecule has 0 radical (unpaired) electrons. The normalized spacial score (nSPS) is 30.6. The largest absolute Gasteiger partial charge is 0.454 e. The van der Waals surface area contributed by atoms with Crippen LogP contribution in [0.15, 0.2) is 30.9 Å². The Kier molecular flexibility index (Phi) is 4.90. The van der Waals surface area contributed by atoms with Crippen LogP contribution in [0.3, 0.4) is 0 Å². The van der Waals surface area contributed by atoms with E-state index in [0.717, 1.165) is 5.69 Å². The van der Waals surface area contributed by atoms with E-state index in [0.29, 0.717) is 23.2 Å². The van der Waals surface area contributed by atoms with Gasteiger partial charge in [0.2, 0.25) is 12.7 Å². The number of aliphatic hydroxyl groups excluding tert-OH is 2. The van der Waals surface area contributed by atoms with Gasteiger partial charge in [0.25, 0.3) is 0 Å². The number of carbonyl (C=O) groups is 1. The van der Waals surface area contributed by atoms with Gasteiger partial charge >= 0.3 is 0 Å². The molecule has 28 heavy (non-hydrogen) atoms. The lowest BCUT2D eigenvalue weighted by Crippen LogP contribution is -2.61. The number of aliphatic hydroxyl groups is 2. The molecule has 2 aliphatic heterocycles. The van der Waals surface area contributed by atoms with Crippen LogP contribution in [-0.2, 0) is 4.79 Å². The molecule has 0 unspecified atom stereocenters. The number of amides is 1. The summed E-state index contributed by atoms with van der Waals surface area (Å²) < 4.78 is 10.8.